The molecule has 1 aliphatic carbocycles. The van der Waals surface area contributed by atoms with Gasteiger partial charge >= 0.3 is 0 Å². The molecule has 0 spiro atoms. The van der Waals surface area contributed by atoms with Crippen LogP contribution < -0.4 is 4.90 Å². The molecule has 0 fully saturated rings. The summed E-state index contributed by atoms with van der Waals surface area (Å²) in [4.78, 5) is 2.40. The van der Waals surface area contributed by atoms with Crippen LogP contribution in [-0.2, 0) is 5.41 Å². The lowest BCUT2D eigenvalue weighted by molar-refractivity contribution is 0.768. The van der Waals surface area contributed by atoms with Crippen molar-refractivity contribution >= 4 is 38.9 Å². The van der Waals surface area contributed by atoms with Crippen molar-refractivity contribution in [2.75, 3.05) is 4.90 Å². The molecule has 0 atom stereocenters. The van der Waals surface area contributed by atoms with E-state index < -0.39 is 5.41 Å². The number of hydrogen-bond donors (Lipinski definition) is 0. The van der Waals surface area contributed by atoms with Gasteiger partial charge < -0.3 is 9.47 Å². The zero-order valence-electron chi connectivity index (χ0n) is 41.3. The van der Waals surface area contributed by atoms with Crippen molar-refractivity contribution in [3.8, 4) is 61.3 Å². The monoisotopic (exact) mass is 954 g/mol. The van der Waals surface area contributed by atoms with Gasteiger partial charge in [0.2, 0.25) is 0 Å². The Morgan fingerprint density at radius 2 is 0.707 bits per heavy atom. The minimum atomic E-state index is -0.498. The first kappa shape index (κ1) is 44.0. The molecule has 1 aliphatic rings. The second-order valence-corrected chi connectivity index (χ2v) is 19.6. The lowest BCUT2D eigenvalue weighted by atomic mass is 9.67. The molecule has 0 saturated carbocycles. The van der Waals surface area contributed by atoms with E-state index in [9.17, 15) is 0 Å². The highest BCUT2D eigenvalue weighted by Crippen LogP contribution is 2.57. The summed E-state index contributed by atoms with van der Waals surface area (Å²) >= 11 is 0. The van der Waals surface area contributed by atoms with Gasteiger partial charge in [0.15, 0.2) is 0 Å². The third kappa shape index (κ3) is 7.49. The van der Waals surface area contributed by atoms with Crippen LogP contribution in [-0.4, -0.2) is 4.57 Å². The summed E-state index contributed by atoms with van der Waals surface area (Å²) in [5.74, 6) is 0. The number of rotatable bonds is 10. The van der Waals surface area contributed by atoms with Crippen molar-refractivity contribution in [2.24, 2.45) is 0 Å². The quantitative estimate of drug-likeness (QED) is 0.133. The maximum atomic E-state index is 2.46. The van der Waals surface area contributed by atoms with Gasteiger partial charge in [0.25, 0.3) is 0 Å². The van der Waals surface area contributed by atoms with Gasteiger partial charge in [0.05, 0.1) is 16.4 Å². The Morgan fingerprint density at radius 3 is 1.37 bits per heavy atom. The van der Waals surface area contributed by atoms with E-state index in [0.717, 1.165) is 28.3 Å². The molecule has 1 aromatic heterocycles. The number of hydrogen-bond acceptors (Lipinski definition) is 1. The number of benzene rings is 12. The van der Waals surface area contributed by atoms with Crippen LogP contribution in [0.25, 0.3) is 83.1 Å². The molecule has 1 heterocycles. The Morgan fingerprint density at radius 1 is 0.253 bits per heavy atom. The fourth-order valence-corrected chi connectivity index (χ4v) is 12.0. The van der Waals surface area contributed by atoms with Crippen molar-refractivity contribution in [1.29, 1.82) is 0 Å². The minimum absolute atomic E-state index is 0.498. The average molecular weight is 955 g/mol. The van der Waals surface area contributed by atoms with E-state index in [2.05, 4.69) is 313 Å². The molecule has 2 nitrogen and oxygen atoms in total. The zero-order chi connectivity index (χ0) is 49.7. The smallest absolute Gasteiger partial charge is 0.0714 e. The van der Waals surface area contributed by atoms with E-state index in [-0.39, 0.29) is 0 Å². The van der Waals surface area contributed by atoms with E-state index in [4.69, 9.17) is 0 Å². The predicted molar refractivity (Wildman–Crippen MR) is 315 cm³/mol. The molecule has 2 heteroatoms. The van der Waals surface area contributed by atoms with Crippen LogP contribution in [0.2, 0.25) is 0 Å². The molecule has 0 amide bonds. The topological polar surface area (TPSA) is 8.17 Å². The Bertz CT molecular complexity index is 4100. The van der Waals surface area contributed by atoms with Crippen molar-refractivity contribution in [3.05, 3.63) is 326 Å². The predicted octanol–water partition coefficient (Wildman–Crippen LogP) is 19.3. The molecule has 0 unspecified atom stereocenters. The zero-order valence-corrected chi connectivity index (χ0v) is 41.3. The first-order valence-corrected chi connectivity index (χ1v) is 25.9. The maximum absolute atomic E-state index is 2.46. The molecule has 0 aliphatic heterocycles. The number of para-hydroxylation sites is 2. The summed E-state index contributed by atoms with van der Waals surface area (Å²) in [6.07, 6.45) is 0. The summed E-state index contributed by atoms with van der Waals surface area (Å²) in [5, 5.41) is 2.47. The maximum Gasteiger partial charge on any atom is 0.0714 e. The Hall–Kier alpha value is -9.76. The molecule has 0 saturated heterocycles. The Labute approximate surface area is 438 Å². The molecule has 0 radical (unpaired) electrons. The Balaban J connectivity index is 0.856. The first-order valence-electron chi connectivity index (χ1n) is 25.9. The summed E-state index contributed by atoms with van der Waals surface area (Å²) in [5.41, 5.74) is 23.4. The molecular weight excluding hydrogens is 905 g/mol. The van der Waals surface area contributed by atoms with Gasteiger partial charge in [-0.25, -0.2) is 0 Å². The molecule has 13 aromatic rings. The third-order valence-corrected chi connectivity index (χ3v) is 15.4. The number of aromatic nitrogens is 1. The van der Waals surface area contributed by atoms with Gasteiger partial charge in [0, 0.05) is 33.5 Å². The number of anilines is 3. The highest BCUT2D eigenvalue weighted by atomic mass is 15.1. The second-order valence-electron chi connectivity index (χ2n) is 19.6. The highest BCUT2D eigenvalue weighted by Gasteiger charge is 2.46. The summed E-state index contributed by atoms with van der Waals surface area (Å²) in [6.45, 7) is 0. The lowest BCUT2D eigenvalue weighted by Gasteiger charge is -2.35. The van der Waals surface area contributed by atoms with Crippen LogP contribution in [0.1, 0.15) is 22.3 Å². The second kappa shape index (κ2) is 18.4. The molecule has 75 heavy (non-hydrogen) atoms. The molecule has 12 aromatic carbocycles. The van der Waals surface area contributed by atoms with E-state index in [1.807, 2.05) is 0 Å². The molecular formula is C73H50N2. The van der Waals surface area contributed by atoms with E-state index >= 15 is 0 Å². The number of fused-ring (bicyclic) bond motifs is 6. The van der Waals surface area contributed by atoms with Crippen LogP contribution in [0.5, 0.6) is 0 Å². The van der Waals surface area contributed by atoms with Gasteiger partial charge in [-0.3, -0.25) is 0 Å². The Kier molecular flexibility index (Phi) is 10.8. The van der Waals surface area contributed by atoms with Gasteiger partial charge in [-0.2, -0.15) is 0 Å². The van der Waals surface area contributed by atoms with E-state index in [0.29, 0.717) is 0 Å². The molecule has 352 valence electrons. The fourth-order valence-electron chi connectivity index (χ4n) is 12.0. The molecule has 0 bridgehead atoms. The average Bonchev–Trinajstić information content (AvgIpc) is 4.01. The van der Waals surface area contributed by atoms with Gasteiger partial charge in [0.1, 0.15) is 0 Å². The molecule has 14 rings (SSSR count). The third-order valence-electron chi connectivity index (χ3n) is 15.4. The summed E-state index contributed by atoms with van der Waals surface area (Å²) in [6, 6.07) is 111. The summed E-state index contributed by atoms with van der Waals surface area (Å²) in [7, 11) is 0. The van der Waals surface area contributed by atoms with Crippen molar-refractivity contribution in [2.45, 2.75) is 5.41 Å². The van der Waals surface area contributed by atoms with Gasteiger partial charge in [-0.1, -0.05) is 231 Å². The van der Waals surface area contributed by atoms with Crippen molar-refractivity contribution in [1.82, 2.24) is 4.57 Å². The highest BCUT2D eigenvalue weighted by molar-refractivity contribution is 6.10. The van der Waals surface area contributed by atoms with Gasteiger partial charge in [-0.15, -0.1) is 0 Å². The summed E-state index contributed by atoms with van der Waals surface area (Å²) < 4.78 is 2.46. The first-order chi connectivity index (χ1) is 37.2. The largest absolute Gasteiger partial charge is 0.310 e. The van der Waals surface area contributed by atoms with Crippen LogP contribution in [0.3, 0.4) is 0 Å². The number of nitrogens with zero attached hydrogens (tertiary/aromatic N) is 2. The normalized spacial score (nSPS) is 12.4. The minimum Gasteiger partial charge on any atom is -0.310 e. The van der Waals surface area contributed by atoms with E-state index in [1.54, 1.807) is 0 Å². The fraction of sp³-hybridized carbons (Fsp3) is 0.0137. The van der Waals surface area contributed by atoms with Crippen LogP contribution in [0.4, 0.5) is 17.1 Å². The van der Waals surface area contributed by atoms with Crippen molar-refractivity contribution < 1.29 is 0 Å². The van der Waals surface area contributed by atoms with Crippen molar-refractivity contribution in [3.63, 3.8) is 0 Å². The lowest BCUT2D eigenvalue weighted by Crippen LogP contribution is -2.28. The van der Waals surface area contributed by atoms with Crippen LogP contribution in [0.15, 0.2) is 303 Å². The molecule has 0 N–H and O–H groups in total. The van der Waals surface area contributed by atoms with Crippen LogP contribution in [0, 0.1) is 0 Å². The van der Waals surface area contributed by atoms with Gasteiger partial charge in [-0.05, 0) is 151 Å². The van der Waals surface area contributed by atoms with Crippen LogP contribution >= 0.6 is 0 Å². The van der Waals surface area contributed by atoms with E-state index in [1.165, 1.54) is 94.1 Å². The SMILES string of the molecule is c1ccc(-c2cc(-c3ccccc3)cc(-n3c4ccccc4c4ccc(-c5cccc(-c6ccc(N(c7ccccc7)c7ccc8c(c7)C(c7ccccc7)(c7ccccc7)c7ccccc7-8)cc6)c5)cc43)c2)cc1. The standard InChI is InChI=1S/C73H50N2/c1-6-21-51(22-7-1)57-46-58(52-23-8-2-9-24-52)48-64(47-57)75-71-36-19-17-34-67(71)68-43-39-56(49-72(68)75)55-26-20-25-54(45-55)53-37-40-62(41-38-53)74(61-31-14-5-15-32-61)63-42-44-66-65-33-16-18-35-69(65)73(70(66)50-63,59-27-10-3-11-28-59)60-29-12-4-13-30-60/h1-50H.